The predicted octanol–water partition coefficient (Wildman–Crippen LogP) is 4.38. The molecule has 2 aromatic rings. The Kier molecular flexibility index (Phi) is 6.49. The molecule has 2 aromatic heterocycles. The fraction of sp³-hybridized carbons (Fsp3) is 0.565. The molecule has 0 bridgehead atoms. The van der Waals surface area contributed by atoms with Gasteiger partial charge in [0.25, 0.3) is 0 Å². The van der Waals surface area contributed by atoms with Crippen molar-refractivity contribution in [3.05, 3.63) is 29.2 Å². The first-order chi connectivity index (χ1) is 15.2. The summed E-state index contributed by atoms with van der Waals surface area (Å²) < 4.78 is 2.02. The van der Waals surface area contributed by atoms with Crippen molar-refractivity contribution in [3.8, 4) is 10.7 Å². The summed E-state index contributed by atoms with van der Waals surface area (Å²) >= 11 is 3.14. The molecule has 1 aliphatic carbocycles. The number of fused-ring (bicyclic) bond motifs is 1. The van der Waals surface area contributed by atoms with Gasteiger partial charge in [0.15, 0.2) is 11.0 Å². The minimum absolute atomic E-state index is 0.209. The number of thioether (sulfide) groups is 1. The van der Waals surface area contributed by atoms with Crippen LogP contribution in [-0.2, 0) is 24.2 Å². The monoisotopic (exact) mass is 473 g/mol. The Hall–Kier alpha value is -2.13. The molecule has 32 heavy (non-hydrogen) atoms. The number of hydrogen-bond acceptors (Lipinski definition) is 6. The minimum Gasteiger partial charge on any atom is -0.336 e. The van der Waals surface area contributed by atoms with Gasteiger partial charge in [-0.2, -0.15) is 0 Å². The number of carbonyl (C=O) groups is 2. The third-order valence-corrected chi connectivity index (χ3v) is 8.61. The van der Waals surface area contributed by atoms with Gasteiger partial charge in [-0.3, -0.25) is 14.3 Å². The molecule has 3 amide bonds. The molecule has 172 valence electrons. The van der Waals surface area contributed by atoms with Crippen LogP contribution in [0.1, 0.15) is 44.6 Å². The number of nitrogens with one attached hydrogen (secondary N) is 1. The second-order valence-corrected chi connectivity index (χ2v) is 12.0. The Balaban J connectivity index is 1.56. The van der Waals surface area contributed by atoms with Gasteiger partial charge in [0, 0.05) is 24.5 Å². The van der Waals surface area contributed by atoms with Crippen LogP contribution in [0.3, 0.4) is 0 Å². The van der Waals surface area contributed by atoms with Crippen LogP contribution < -0.4 is 5.32 Å². The van der Waals surface area contributed by atoms with E-state index in [2.05, 4.69) is 48.9 Å². The Morgan fingerprint density at radius 3 is 2.88 bits per heavy atom. The quantitative estimate of drug-likeness (QED) is 0.498. The van der Waals surface area contributed by atoms with E-state index in [9.17, 15) is 9.59 Å². The lowest BCUT2D eigenvalue weighted by atomic mass is 9.72. The van der Waals surface area contributed by atoms with E-state index in [1.165, 1.54) is 33.5 Å². The van der Waals surface area contributed by atoms with Crippen LogP contribution in [0.5, 0.6) is 0 Å². The summed E-state index contributed by atoms with van der Waals surface area (Å²) in [4.78, 5) is 28.4. The van der Waals surface area contributed by atoms with Gasteiger partial charge in [-0.05, 0) is 49.1 Å². The summed E-state index contributed by atoms with van der Waals surface area (Å²) in [5, 5.41) is 11.8. The largest absolute Gasteiger partial charge is 0.336 e. The Morgan fingerprint density at radius 1 is 1.44 bits per heavy atom. The van der Waals surface area contributed by atoms with Gasteiger partial charge in [-0.25, -0.2) is 4.79 Å². The standard InChI is InChI=1S/C23H31N5O2S2/c1-6-10-27-19(18-13-15-12-16(23(3,4)5)7-8-17(15)32-18)25-26-22(27)31-14(2)20(29)28-11-9-24-21(28)30/h6,13-14,16H,1,7-12H2,2-5H3,(H,24,30). The molecule has 0 saturated carbocycles. The zero-order valence-electron chi connectivity index (χ0n) is 19.2. The van der Waals surface area contributed by atoms with E-state index in [1.54, 1.807) is 11.3 Å². The van der Waals surface area contributed by atoms with E-state index in [0.717, 1.165) is 23.5 Å². The Labute approximate surface area is 197 Å². The second kappa shape index (κ2) is 9.02. The Bertz CT molecular complexity index is 1040. The maximum atomic E-state index is 12.7. The fourth-order valence-corrected chi connectivity index (χ4v) is 6.46. The lowest BCUT2D eigenvalue weighted by Gasteiger charge is -2.33. The van der Waals surface area contributed by atoms with Crippen LogP contribution in [0.4, 0.5) is 4.79 Å². The number of aromatic nitrogens is 3. The summed E-state index contributed by atoms with van der Waals surface area (Å²) in [5.41, 5.74) is 1.74. The third kappa shape index (κ3) is 4.50. The molecule has 7 nitrogen and oxygen atoms in total. The van der Waals surface area contributed by atoms with Crippen molar-refractivity contribution in [2.75, 3.05) is 13.1 Å². The van der Waals surface area contributed by atoms with Crippen molar-refractivity contribution in [2.45, 2.75) is 63.9 Å². The number of carbonyl (C=O) groups excluding carboxylic acids is 2. The van der Waals surface area contributed by atoms with E-state index >= 15 is 0 Å². The number of allylic oxidation sites excluding steroid dienone is 1. The summed E-state index contributed by atoms with van der Waals surface area (Å²) in [6.07, 6.45) is 5.26. The normalized spacial score (nSPS) is 19.6. The zero-order valence-corrected chi connectivity index (χ0v) is 20.8. The van der Waals surface area contributed by atoms with Gasteiger partial charge < -0.3 is 5.32 Å². The number of imide groups is 1. The molecule has 2 aliphatic rings. The molecule has 2 unspecified atom stereocenters. The average molecular weight is 474 g/mol. The highest BCUT2D eigenvalue weighted by Gasteiger charge is 2.32. The molecule has 1 fully saturated rings. The lowest BCUT2D eigenvalue weighted by molar-refractivity contribution is -0.126. The smallest absolute Gasteiger partial charge is 0.324 e. The number of aryl methyl sites for hydroxylation is 1. The predicted molar refractivity (Wildman–Crippen MR) is 129 cm³/mol. The van der Waals surface area contributed by atoms with E-state index in [4.69, 9.17) is 0 Å². The van der Waals surface area contributed by atoms with Crippen molar-refractivity contribution in [2.24, 2.45) is 11.3 Å². The van der Waals surface area contributed by atoms with Crippen molar-refractivity contribution < 1.29 is 9.59 Å². The molecule has 0 aromatic carbocycles. The van der Waals surface area contributed by atoms with Gasteiger partial charge in [-0.1, -0.05) is 38.6 Å². The summed E-state index contributed by atoms with van der Waals surface area (Å²) in [6.45, 7) is 14.1. The molecule has 1 N–H and O–H groups in total. The molecule has 1 aliphatic heterocycles. The molecule has 9 heteroatoms. The minimum atomic E-state index is -0.441. The number of rotatable bonds is 6. The van der Waals surface area contributed by atoms with Crippen LogP contribution in [0.2, 0.25) is 0 Å². The van der Waals surface area contributed by atoms with Crippen molar-refractivity contribution in [1.29, 1.82) is 0 Å². The lowest BCUT2D eigenvalue weighted by Crippen LogP contribution is -2.39. The van der Waals surface area contributed by atoms with Gasteiger partial charge >= 0.3 is 6.03 Å². The molecule has 4 rings (SSSR count). The number of thiophene rings is 1. The first-order valence-corrected chi connectivity index (χ1v) is 12.8. The maximum absolute atomic E-state index is 12.7. The van der Waals surface area contributed by atoms with Gasteiger partial charge in [0.05, 0.1) is 10.1 Å². The molecular formula is C23H31N5O2S2. The summed E-state index contributed by atoms with van der Waals surface area (Å²) in [5.74, 6) is 1.29. The van der Waals surface area contributed by atoms with E-state index < -0.39 is 5.25 Å². The molecule has 0 radical (unpaired) electrons. The second-order valence-electron chi connectivity index (χ2n) is 9.55. The highest BCUT2D eigenvalue weighted by atomic mass is 32.2. The van der Waals surface area contributed by atoms with E-state index in [-0.39, 0.29) is 11.9 Å². The molecule has 1 saturated heterocycles. The van der Waals surface area contributed by atoms with Crippen LogP contribution in [0, 0.1) is 11.3 Å². The summed E-state index contributed by atoms with van der Waals surface area (Å²) in [7, 11) is 0. The molecule has 3 heterocycles. The van der Waals surface area contributed by atoms with E-state index in [1.807, 2.05) is 17.6 Å². The number of hydrogen-bond donors (Lipinski definition) is 1. The summed E-state index contributed by atoms with van der Waals surface area (Å²) in [6, 6.07) is 1.95. The van der Waals surface area contributed by atoms with Crippen molar-refractivity contribution in [3.63, 3.8) is 0 Å². The first kappa shape index (κ1) is 23.0. The van der Waals surface area contributed by atoms with Gasteiger partial charge in [-0.15, -0.1) is 28.1 Å². The topological polar surface area (TPSA) is 80.1 Å². The van der Waals surface area contributed by atoms with Crippen LogP contribution >= 0.6 is 23.1 Å². The molecule has 2 atom stereocenters. The van der Waals surface area contributed by atoms with Crippen LogP contribution in [0.15, 0.2) is 23.9 Å². The Morgan fingerprint density at radius 2 is 2.22 bits per heavy atom. The number of nitrogens with zero attached hydrogens (tertiary/aromatic N) is 4. The highest BCUT2D eigenvalue weighted by molar-refractivity contribution is 8.00. The number of urea groups is 1. The first-order valence-electron chi connectivity index (χ1n) is 11.1. The average Bonchev–Trinajstić information content (AvgIpc) is 3.45. The van der Waals surface area contributed by atoms with Gasteiger partial charge in [0.1, 0.15) is 0 Å². The zero-order chi connectivity index (χ0) is 23.0. The van der Waals surface area contributed by atoms with Crippen molar-refractivity contribution >= 4 is 35.0 Å². The molecular weight excluding hydrogens is 442 g/mol. The van der Waals surface area contributed by atoms with Crippen molar-refractivity contribution in [1.82, 2.24) is 25.0 Å². The fourth-order valence-electron chi connectivity index (χ4n) is 4.33. The van der Waals surface area contributed by atoms with Gasteiger partial charge in [0.2, 0.25) is 5.91 Å². The third-order valence-electron chi connectivity index (χ3n) is 6.31. The maximum Gasteiger partial charge on any atom is 0.324 e. The molecule has 0 spiro atoms. The highest BCUT2D eigenvalue weighted by Crippen LogP contribution is 2.42. The SMILES string of the molecule is C=CCn1c(SC(C)C(=O)N2CCNC2=O)nnc1-c1cc2c(s1)CCC(C(C)(C)C)C2. The number of amides is 3. The van der Waals surface area contributed by atoms with Crippen LogP contribution in [0.25, 0.3) is 10.7 Å². The van der Waals surface area contributed by atoms with Crippen LogP contribution in [-0.4, -0.2) is 49.9 Å². The van der Waals surface area contributed by atoms with E-state index in [0.29, 0.717) is 36.1 Å².